The highest BCUT2D eigenvalue weighted by Crippen LogP contribution is 2.21. The van der Waals surface area contributed by atoms with Crippen LogP contribution in [0.5, 0.6) is 0 Å². The summed E-state index contributed by atoms with van der Waals surface area (Å²) in [5.74, 6) is -1.59. The first kappa shape index (κ1) is 15.2. The number of rotatable bonds is 5. The number of hydrogen-bond donors (Lipinski definition) is 2. The number of anilines is 1. The number of benzene rings is 1. The van der Waals surface area contributed by atoms with E-state index in [-0.39, 0.29) is 23.7 Å². The van der Waals surface area contributed by atoms with Gasteiger partial charge in [-0.2, -0.15) is 0 Å². The van der Waals surface area contributed by atoms with Gasteiger partial charge in [0.05, 0.1) is 6.42 Å². The first-order valence-corrected chi connectivity index (χ1v) is 6.44. The first-order valence-electron chi connectivity index (χ1n) is 6.06. The SMILES string of the molecule is NC(=O)Cc1cnc(Cl)cc1NCc1cc(F)ccc1F. The van der Waals surface area contributed by atoms with Gasteiger partial charge >= 0.3 is 0 Å². The highest BCUT2D eigenvalue weighted by Gasteiger charge is 2.09. The van der Waals surface area contributed by atoms with Gasteiger partial charge in [0.15, 0.2) is 0 Å². The molecule has 0 aliphatic carbocycles. The lowest BCUT2D eigenvalue weighted by molar-refractivity contribution is -0.117. The van der Waals surface area contributed by atoms with Crippen molar-refractivity contribution in [1.82, 2.24) is 4.98 Å². The molecule has 1 aromatic carbocycles. The van der Waals surface area contributed by atoms with Crippen molar-refractivity contribution in [2.45, 2.75) is 13.0 Å². The smallest absolute Gasteiger partial charge is 0.221 e. The van der Waals surface area contributed by atoms with Crippen LogP contribution in [0.2, 0.25) is 5.15 Å². The molecule has 7 heteroatoms. The Hall–Kier alpha value is -2.21. The maximum absolute atomic E-state index is 13.5. The number of aromatic nitrogens is 1. The second-order valence-electron chi connectivity index (χ2n) is 4.40. The summed E-state index contributed by atoms with van der Waals surface area (Å²) in [5, 5.41) is 3.12. The molecule has 0 radical (unpaired) electrons. The fourth-order valence-corrected chi connectivity index (χ4v) is 1.98. The Morgan fingerprint density at radius 2 is 2.05 bits per heavy atom. The predicted molar refractivity (Wildman–Crippen MR) is 75.8 cm³/mol. The molecule has 4 nitrogen and oxygen atoms in total. The summed E-state index contributed by atoms with van der Waals surface area (Å²) in [7, 11) is 0. The minimum absolute atomic E-state index is 0.0296. The van der Waals surface area contributed by atoms with E-state index in [1.165, 1.54) is 12.3 Å². The number of nitrogens with zero attached hydrogens (tertiary/aromatic N) is 1. The normalized spacial score (nSPS) is 10.4. The molecule has 21 heavy (non-hydrogen) atoms. The van der Waals surface area contributed by atoms with Gasteiger partial charge in [0.25, 0.3) is 0 Å². The van der Waals surface area contributed by atoms with E-state index in [0.717, 1.165) is 18.2 Å². The van der Waals surface area contributed by atoms with Crippen molar-refractivity contribution >= 4 is 23.2 Å². The van der Waals surface area contributed by atoms with E-state index in [4.69, 9.17) is 17.3 Å². The molecule has 0 saturated carbocycles. The fraction of sp³-hybridized carbons (Fsp3) is 0.143. The number of primary amides is 1. The third-order valence-electron chi connectivity index (χ3n) is 2.79. The number of pyridine rings is 1. The maximum Gasteiger partial charge on any atom is 0.221 e. The standard InChI is InChI=1S/C14H12ClF2N3O/c15-13-5-12(9(7-20-13)4-14(18)21)19-6-8-3-10(16)1-2-11(8)17/h1-3,5,7H,4,6H2,(H2,18,21)(H,19,20). The number of amides is 1. The van der Waals surface area contributed by atoms with E-state index in [0.29, 0.717) is 11.3 Å². The summed E-state index contributed by atoms with van der Waals surface area (Å²) in [5.41, 5.74) is 6.33. The molecule has 3 N–H and O–H groups in total. The summed E-state index contributed by atoms with van der Waals surface area (Å²) < 4.78 is 26.6. The lowest BCUT2D eigenvalue weighted by Crippen LogP contribution is -2.15. The van der Waals surface area contributed by atoms with E-state index < -0.39 is 17.5 Å². The molecule has 0 fully saturated rings. The number of carbonyl (C=O) groups is 1. The molecule has 0 aliphatic heterocycles. The molecular formula is C14H12ClF2N3O. The Balaban J connectivity index is 2.20. The summed E-state index contributed by atoms with van der Waals surface area (Å²) >= 11 is 5.79. The van der Waals surface area contributed by atoms with Gasteiger partial charge in [-0.25, -0.2) is 13.8 Å². The lowest BCUT2D eigenvalue weighted by Gasteiger charge is -2.12. The summed E-state index contributed by atoms with van der Waals surface area (Å²) in [6.07, 6.45) is 1.38. The highest BCUT2D eigenvalue weighted by molar-refractivity contribution is 6.29. The maximum atomic E-state index is 13.5. The molecule has 2 aromatic rings. The minimum Gasteiger partial charge on any atom is -0.380 e. The van der Waals surface area contributed by atoms with Gasteiger partial charge < -0.3 is 11.1 Å². The van der Waals surface area contributed by atoms with Crippen molar-refractivity contribution < 1.29 is 13.6 Å². The minimum atomic E-state index is -0.529. The summed E-state index contributed by atoms with van der Waals surface area (Å²) in [6.45, 7) is 0.0374. The van der Waals surface area contributed by atoms with E-state index >= 15 is 0 Å². The highest BCUT2D eigenvalue weighted by atomic mass is 35.5. The molecule has 1 amide bonds. The zero-order valence-corrected chi connectivity index (χ0v) is 11.6. The van der Waals surface area contributed by atoms with Crippen LogP contribution in [0.1, 0.15) is 11.1 Å². The summed E-state index contributed by atoms with van der Waals surface area (Å²) in [6, 6.07) is 4.69. The topological polar surface area (TPSA) is 68.0 Å². The lowest BCUT2D eigenvalue weighted by atomic mass is 10.1. The molecule has 110 valence electrons. The third-order valence-corrected chi connectivity index (χ3v) is 3.00. The van der Waals surface area contributed by atoms with Crippen LogP contribution >= 0.6 is 11.6 Å². The Morgan fingerprint density at radius 1 is 1.29 bits per heavy atom. The molecule has 0 bridgehead atoms. The zero-order chi connectivity index (χ0) is 15.4. The van der Waals surface area contributed by atoms with Gasteiger partial charge in [-0.1, -0.05) is 11.6 Å². The average Bonchev–Trinajstić information content (AvgIpc) is 2.42. The van der Waals surface area contributed by atoms with E-state index in [1.54, 1.807) is 0 Å². The van der Waals surface area contributed by atoms with Crippen molar-refractivity contribution in [2.24, 2.45) is 5.73 Å². The fourth-order valence-electron chi connectivity index (χ4n) is 1.82. The van der Waals surface area contributed by atoms with Crippen molar-refractivity contribution in [2.75, 3.05) is 5.32 Å². The Morgan fingerprint density at radius 3 is 2.76 bits per heavy atom. The molecular weight excluding hydrogens is 300 g/mol. The Labute approximate surface area is 124 Å². The molecule has 2 rings (SSSR count). The number of nitrogens with one attached hydrogen (secondary N) is 1. The number of carbonyl (C=O) groups excluding carboxylic acids is 1. The third kappa shape index (κ3) is 4.13. The number of hydrogen-bond acceptors (Lipinski definition) is 3. The van der Waals surface area contributed by atoms with Crippen molar-refractivity contribution in [3.05, 3.63) is 58.4 Å². The zero-order valence-electron chi connectivity index (χ0n) is 10.9. The first-order chi connectivity index (χ1) is 9.95. The van der Waals surface area contributed by atoms with Crippen LogP contribution in [0.15, 0.2) is 30.5 Å². The van der Waals surface area contributed by atoms with Gasteiger partial charge in [0.2, 0.25) is 5.91 Å². The predicted octanol–water partition coefficient (Wildman–Crippen LogP) is 2.65. The monoisotopic (exact) mass is 311 g/mol. The van der Waals surface area contributed by atoms with Crippen LogP contribution < -0.4 is 11.1 Å². The van der Waals surface area contributed by atoms with Crippen LogP contribution in [-0.4, -0.2) is 10.9 Å². The van der Waals surface area contributed by atoms with Crippen molar-refractivity contribution in [1.29, 1.82) is 0 Å². The van der Waals surface area contributed by atoms with Crippen LogP contribution in [0.25, 0.3) is 0 Å². The van der Waals surface area contributed by atoms with Crippen molar-refractivity contribution in [3.8, 4) is 0 Å². The van der Waals surface area contributed by atoms with Crippen LogP contribution in [0.4, 0.5) is 14.5 Å². The van der Waals surface area contributed by atoms with Crippen LogP contribution in [-0.2, 0) is 17.8 Å². The number of halogens is 3. The molecule has 1 heterocycles. The molecule has 0 aliphatic rings. The molecule has 0 unspecified atom stereocenters. The Kier molecular flexibility index (Phi) is 4.70. The molecule has 0 saturated heterocycles. The summed E-state index contributed by atoms with van der Waals surface area (Å²) in [4.78, 5) is 14.9. The second-order valence-corrected chi connectivity index (χ2v) is 4.78. The van der Waals surface area contributed by atoms with Crippen LogP contribution in [0, 0.1) is 11.6 Å². The van der Waals surface area contributed by atoms with E-state index in [2.05, 4.69) is 10.3 Å². The number of nitrogens with two attached hydrogens (primary N) is 1. The van der Waals surface area contributed by atoms with Gasteiger partial charge in [0.1, 0.15) is 16.8 Å². The van der Waals surface area contributed by atoms with Gasteiger partial charge in [-0.3, -0.25) is 4.79 Å². The van der Waals surface area contributed by atoms with Gasteiger partial charge in [-0.15, -0.1) is 0 Å². The average molecular weight is 312 g/mol. The quantitative estimate of drug-likeness (QED) is 0.834. The van der Waals surface area contributed by atoms with Gasteiger partial charge in [-0.05, 0) is 24.3 Å². The van der Waals surface area contributed by atoms with Crippen molar-refractivity contribution in [3.63, 3.8) is 0 Å². The molecule has 1 aromatic heterocycles. The largest absolute Gasteiger partial charge is 0.380 e. The molecule has 0 atom stereocenters. The van der Waals surface area contributed by atoms with Gasteiger partial charge in [0, 0.05) is 29.6 Å². The van der Waals surface area contributed by atoms with E-state index in [9.17, 15) is 13.6 Å². The van der Waals surface area contributed by atoms with Crippen LogP contribution in [0.3, 0.4) is 0 Å². The van der Waals surface area contributed by atoms with E-state index in [1.807, 2.05) is 0 Å². The second kappa shape index (κ2) is 6.49. The Bertz CT molecular complexity index is 679. The molecule has 0 spiro atoms.